The van der Waals surface area contributed by atoms with Gasteiger partial charge in [0.25, 0.3) is 0 Å². The summed E-state index contributed by atoms with van der Waals surface area (Å²) in [6.45, 7) is 4.33. The highest BCUT2D eigenvalue weighted by Crippen LogP contribution is 2.29. The first kappa shape index (κ1) is 21.4. The molecule has 3 aromatic heterocycles. The van der Waals surface area contributed by atoms with Crippen molar-refractivity contribution >= 4 is 28.7 Å². The van der Waals surface area contributed by atoms with Crippen LogP contribution in [0.3, 0.4) is 0 Å². The number of aliphatic imine (C=N–C) groups is 1. The van der Waals surface area contributed by atoms with Crippen molar-refractivity contribution in [1.29, 1.82) is 5.26 Å². The molecule has 5 rings (SSSR count). The molecule has 0 bridgehead atoms. The first-order chi connectivity index (χ1) is 16.7. The highest BCUT2D eigenvalue weighted by molar-refractivity contribution is 5.96. The average Bonchev–Trinajstić information content (AvgIpc) is 3.34. The summed E-state index contributed by atoms with van der Waals surface area (Å²) >= 11 is 0. The number of pyridine rings is 1. The third-order valence-corrected chi connectivity index (χ3v) is 5.52. The van der Waals surface area contributed by atoms with Gasteiger partial charge in [-0.1, -0.05) is 12.1 Å². The SMILES string of the molecule is C[C@H]1COCCN1c1cc(-c2ccc(N=C(NC#N)Nc3cccnc3)cc2)nn2ccnc12. The summed E-state index contributed by atoms with van der Waals surface area (Å²) in [5, 5.41) is 19.5. The Morgan fingerprint density at radius 2 is 2.12 bits per heavy atom. The lowest BCUT2D eigenvalue weighted by Crippen LogP contribution is -2.44. The highest BCUT2D eigenvalue weighted by Gasteiger charge is 2.23. The average molecular weight is 454 g/mol. The first-order valence-corrected chi connectivity index (χ1v) is 10.9. The molecular formula is C24H23N9O. The predicted molar refractivity (Wildman–Crippen MR) is 130 cm³/mol. The maximum Gasteiger partial charge on any atom is 0.214 e. The highest BCUT2D eigenvalue weighted by atomic mass is 16.5. The van der Waals surface area contributed by atoms with Crippen molar-refractivity contribution in [2.45, 2.75) is 13.0 Å². The van der Waals surface area contributed by atoms with Crippen LogP contribution in [0.15, 0.2) is 72.2 Å². The van der Waals surface area contributed by atoms with Crippen LogP contribution in [-0.4, -0.2) is 51.3 Å². The van der Waals surface area contributed by atoms with Crippen LogP contribution in [0.1, 0.15) is 6.92 Å². The Morgan fingerprint density at radius 3 is 2.88 bits per heavy atom. The molecular weight excluding hydrogens is 430 g/mol. The molecule has 0 unspecified atom stereocenters. The van der Waals surface area contributed by atoms with Crippen molar-refractivity contribution < 1.29 is 4.74 Å². The van der Waals surface area contributed by atoms with Crippen LogP contribution in [0.25, 0.3) is 16.9 Å². The fourth-order valence-electron chi connectivity index (χ4n) is 3.89. The standard InChI is InChI=1S/C24H23N9O/c1-17-15-34-12-11-32(17)22-13-21(31-33-10-9-27-23(22)33)18-4-6-19(7-5-18)29-24(28-16-25)30-20-3-2-8-26-14-20/h2-10,13-14,17H,11-12,15H2,1H3,(H2,28,29,30)/t17-/m0/s1. The van der Waals surface area contributed by atoms with Crippen molar-refractivity contribution in [3.63, 3.8) is 0 Å². The lowest BCUT2D eigenvalue weighted by atomic mass is 10.1. The quantitative estimate of drug-likeness (QED) is 0.209. The van der Waals surface area contributed by atoms with Crippen LogP contribution in [0.2, 0.25) is 0 Å². The van der Waals surface area contributed by atoms with E-state index in [9.17, 15) is 0 Å². The van der Waals surface area contributed by atoms with Crippen molar-refractivity contribution in [1.82, 2.24) is 24.9 Å². The summed E-state index contributed by atoms with van der Waals surface area (Å²) in [5.74, 6) is 0.310. The van der Waals surface area contributed by atoms with Crippen LogP contribution in [0.5, 0.6) is 0 Å². The van der Waals surface area contributed by atoms with Gasteiger partial charge in [0, 0.05) is 36.7 Å². The number of imidazole rings is 1. The normalized spacial score (nSPS) is 16.3. The number of hydrogen-bond acceptors (Lipinski definition) is 7. The van der Waals surface area contributed by atoms with E-state index >= 15 is 0 Å². The van der Waals surface area contributed by atoms with E-state index in [2.05, 4.69) is 43.5 Å². The molecule has 0 aliphatic carbocycles. The van der Waals surface area contributed by atoms with Gasteiger partial charge in [-0.2, -0.15) is 10.4 Å². The number of rotatable bonds is 4. The van der Waals surface area contributed by atoms with Gasteiger partial charge in [0.15, 0.2) is 11.8 Å². The van der Waals surface area contributed by atoms with E-state index < -0.39 is 0 Å². The summed E-state index contributed by atoms with van der Waals surface area (Å²) < 4.78 is 7.42. The van der Waals surface area contributed by atoms with Gasteiger partial charge in [-0.15, -0.1) is 0 Å². The molecule has 4 aromatic rings. The number of benzene rings is 1. The van der Waals surface area contributed by atoms with Crippen LogP contribution in [0.4, 0.5) is 17.1 Å². The lowest BCUT2D eigenvalue weighted by Gasteiger charge is -2.35. The molecule has 1 aromatic carbocycles. The molecule has 1 aliphatic rings. The van der Waals surface area contributed by atoms with Crippen LogP contribution < -0.4 is 15.5 Å². The zero-order valence-corrected chi connectivity index (χ0v) is 18.6. The number of hydrogen-bond donors (Lipinski definition) is 2. The molecule has 10 nitrogen and oxygen atoms in total. The van der Waals surface area contributed by atoms with E-state index in [4.69, 9.17) is 15.1 Å². The summed E-state index contributed by atoms with van der Waals surface area (Å²) in [6.07, 6.45) is 8.86. The number of nitrogens with one attached hydrogen (secondary N) is 2. The minimum absolute atomic E-state index is 0.250. The summed E-state index contributed by atoms with van der Waals surface area (Å²) in [5.41, 5.74) is 5.05. The number of anilines is 2. The second-order valence-electron chi connectivity index (χ2n) is 7.84. The molecule has 0 amide bonds. The van der Waals surface area contributed by atoms with Crippen LogP contribution in [-0.2, 0) is 4.74 Å². The smallest absolute Gasteiger partial charge is 0.214 e. The molecule has 1 aliphatic heterocycles. The number of nitrogens with zero attached hydrogens (tertiary/aromatic N) is 7. The van der Waals surface area contributed by atoms with E-state index in [0.717, 1.165) is 34.8 Å². The molecule has 10 heteroatoms. The van der Waals surface area contributed by atoms with Gasteiger partial charge in [-0.05, 0) is 37.3 Å². The summed E-state index contributed by atoms with van der Waals surface area (Å²) in [7, 11) is 0. The monoisotopic (exact) mass is 453 g/mol. The number of morpholine rings is 1. The zero-order chi connectivity index (χ0) is 23.3. The van der Waals surface area contributed by atoms with Crippen molar-refractivity contribution in [2.75, 3.05) is 30.0 Å². The Morgan fingerprint density at radius 1 is 1.24 bits per heavy atom. The van der Waals surface area contributed by atoms with Gasteiger partial charge in [-0.25, -0.2) is 14.5 Å². The Balaban J connectivity index is 1.44. The van der Waals surface area contributed by atoms with Gasteiger partial charge >= 0.3 is 0 Å². The Hall–Kier alpha value is -4.49. The van der Waals surface area contributed by atoms with E-state index in [1.165, 1.54) is 0 Å². The van der Waals surface area contributed by atoms with E-state index in [1.807, 2.05) is 47.2 Å². The molecule has 0 spiro atoms. The number of ether oxygens (including phenoxy) is 1. The maximum absolute atomic E-state index is 9.08. The Labute approximate surface area is 196 Å². The Bertz CT molecular complexity index is 1340. The fraction of sp³-hybridized carbons (Fsp3) is 0.208. The van der Waals surface area contributed by atoms with Gasteiger partial charge in [-0.3, -0.25) is 10.3 Å². The van der Waals surface area contributed by atoms with Crippen molar-refractivity contribution in [3.8, 4) is 17.5 Å². The second-order valence-corrected chi connectivity index (χ2v) is 7.84. The van der Waals surface area contributed by atoms with Gasteiger partial charge in [0.1, 0.15) is 0 Å². The van der Waals surface area contributed by atoms with Gasteiger partial charge < -0.3 is 15.0 Å². The molecule has 2 N–H and O–H groups in total. The molecule has 0 saturated carbocycles. The summed E-state index contributed by atoms with van der Waals surface area (Å²) in [6, 6.07) is 13.7. The van der Waals surface area contributed by atoms with E-state index in [1.54, 1.807) is 24.7 Å². The van der Waals surface area contributed by atoms with Crippen LogP contribution in [0, 0.1) is 11.5 Å². The van der Waals surface area contributed by atoms with Crippen molar-refractivity contribution in [2.24, 2.45) is 4.99 Å². The predicted octanol–water partition coefficient (Wildman–Crippen LogP) is 3.19. The topological polar surface area (TPSA) is 116 Å². The number of fused-ring (bicyclic) bond motifs is 1. The van der Waals surface area contributed by atoms with Crippen molar-refractivity contribution in [3.05, 3.63) is 67.3 Å². The molecule has 34 heavy (non-hydrogen) atoms. The fourth-order valence-corrected chi connectivity index (χ4v) is 3.89. The lowest BCUT2D eigenvalue weighted by molar-refractivity contribution is 0.0990. The third-order valence-electron chi connectivity index (χ3n) is 5.52. The first-order valence-electron chi connectivity index (χ1n) is 10.9. The van der Waals surface area contributed by atoms with Gasteiger partial charge in [0.2, 0.25) is 5.96 Å². The minimum Gasteiger partial charge on any atom is -0.377 e. The van der Waals surface area contributed by atoms with E-state index in [-0.39, 0.29) is 6.04 Å². The molecule has 1 saturated heterocycles. The second kappa shape index (κ2) is 9.56. The third kappa shape index (κ3) is 4.51. The largest absolute Gasteiger partial charge is 0.377 e. The molecule has 1 atom stereocenters. The van der Waals surface area contributed by atoms with Gasteiger partial charge in [0.05, 0.1) is 42.2 Å². The summed E-state index contributed by atoms with van der Waals surface area (Å²) in [4.78, 5) is 15.4. The molecule has 1 fully saturated rings. The van der Waals surface area contributed by atoms with Crippen LogP contribution >= 0.6 is 0 Å². The number of aromatic nitrogens is 4. The zero-order valence-electron chi connectivity index (χ0n) is 18.6. The van der Waals surface area contributed by atoms with E-state index in [0.29, 0.717) is 24.9 Å². The Kier molecular flexibility index (Phi) is 6.01. The molecule has 170 valence electrons. The molecule has 4 heterocycles. The number of guanidine groups is 1. The molecule has 0 radical (unpaired) electrons. The maximum atomic E-state index is 9.08. The minimum atomic E-state index is 0.250. The number of nitriles is 1.